The maximum atomic E-state index is 11.7. The van der Waals surface area contributed by atoms with Gasteiger partial charge < -0.3 is 5.11 Å². The van der Waals surface area contributed by atoms with Crippen molar-refractivity contribution in [1.82, 2.24) is 9.97 Å². The molecule has 4 N–H and O–H groups in total. The van der Waals surface area contributed by atoms with Crippen LogP contribution in [0.25, 0.3) is 0 Å². The molecule has 1 aromatic heterocycles. The highest BCUT2D eigenvalue weighted by molar-refractivity contribution is 6.00. The van der Waals surface area contributed by atoms with E-state index in [1.165, 1.54) is 6.92 Å². The van der Waals surface area contributed by atoms with Crippen LogP contribution in [-0.4, -0.2) is 30.6 Å². The van der Waals surface area contributed by atoms with E-state index in [1.54, 1.807) is 0 Å². The standard InChI is InChI=1S/C12H10N6O7/c1-5(9-10(19)13-12(21)14-11(9)20)15-16-7-3-2-6(17(22)23)4-8(7)18(24)25/h2-4,16H,1H3,(H3,13,14,19,20,21)/b15-5+. The summed E-state index contributed by atoms with van der Waals surface area (Å²) in [4.78, 5) is 46.6. The van der Waals surface area contributed by atoms with Crippen LogP contribution >= 0.6 is 0 Å². The molecule has 0 spiro atoms. The van der Waals surface area contributed by atoms with Gasteiger partial charge in [0.2, 0.25) is 5.88 Å². The Morgan fingerprint density at radius 1 is 1.20 bits per heavy atom. The first kappa shape index (κ1) is 17.3. The number of nitrogens with zero attached hydrogens (tertiary/aromatic N) is 3. The Kier molecular flexibility index (Phi) is 4.58. The summed E-state index contributed by atoms with van der Waals surface area (Å²) < 4.78 is 0. The van der Waals surface area contributed by atoms with E-state index in [4.69, 9.17) is 0 Å². The first-order valence-electron chi connectivity index (χ1n) is 6.49. The average molecular weight is 350 g/mol. The Morgan fingerprint density at radius 3 is 2.44 bits per heavy atom. The van der Waals surface area contributed by atoms with Crippen LogP contribution in [0, 0.1) is 20.2 Å². The van der Waals surface area contributed by atoms with Gasteiger partial charge in [0.05, 0.1) is 21.6 Å². The Morgan fingerprint density at radius 2 is 1.88 bits per heavy atom. The molecule has 13 nitrogen and oxygen atoms in total. The number of hydrogen-bond acceptors (Lipinski definition) is 9. The molecule has 2 aromatic rings. The molecule has 13 heteroatoms. The van der Waals surface area contributed by atoms with Gasteiger partial charge >= 0.3 is 11.4 Å². The largest absolute Gasteiger partial charge is 0.494 e. The smallest absolute Gasteiger partial charge is 0.328 e. The van der Waals surface area contributed by atoms with E-state index in [1.807, 2.05) is 9.97 Å². The van der Waals surface area contributed by atoms with Crippen LogP contribution in [0.4, 0.5) is 17.1 Å². The van der Waals surface area contributed by atoms with Gasteiger partial charge in [0.25, 0.3) is 11.2 Å². The molecule has 0 aliphatic carbocycles. The number of H-pyrrole nitrogens is 2. The number of non-ortho nitro benzene ring substituents is 1. The van der Waals surface area contributed by atoms with Crippen LogP contribution in [-0.2, 0) is 0 Å². The Labute approximate surface area is 136 Å². The van der Waals surface area contributed by atoms with Gasteiger partial charge in [0.15, 0.2) is 0 Å². The van der Waals surface area contributed by atoms with E-state index in [0.29, 0.717) is 0 Å². The number of nitro groups is 2. The maximum absolute atomic E-state index is 11.7. The molecule has 0 fully saturated rings. The summed E-state index contributed by atoms with van der Waals surface area (Å²) in [5, 5.41) is 35.0. The van der Waals surface area contributed by atoms with Crippen molar-refractivity contribution in [2.75, 3.05) is 5.43 Å². The van der Waals surface area contributed by atoms with Crippen LogP contribution in [0.2, 0.25) is 0 Å². The number of hydrogen-bond donors (Lipinski definition) is 4. The molecular weight excluding hydrogens is 340 g/mol. The van der Waals surface area contributed by atoms with Crippen LogP contribution in [0.1, 0.15) is 12.5 Å². The van der Waals surface area contributed by atoms with E-state index in [-0.39, 0.29) is 17.0 Å². The number of hydrazone groups is 1. The molecule has 0 bridgehead atoms. The second kappa shape index (κ2) is 6.61. The Balaban J connectivity index is 2.42. The Hall–Kier alpha value is -4.03. The summed E-state index contributed by atoms with van der Waals surface area (Å²) in [6.45, 7) is 1.30. The van der Waals surface area contributed by atoms with Gasteiger partial charge in [-0.15, -0.1) is 0 Å². The van der Waals surface area contributed by atoms with Crippen LogP contribution < -0.4 is 16.7 Å². The molecule has 0 radical (unpaired) electrons. The van der Waals surface area contributed by atoms with Gasteiger partial charge in [-0.05, 0) is 13.0 Å². The highest BCUT2D eigenvalue weighted by Crippen LogP contribution is 2.29. The molecule has 1 heterocycles. The van der Waals surface area contributed by atoms with E-state index in [9.17, 15) is 34.9 Å². The van der Waals surface area contributed by atoms with Gasteiger partial charge in [0, 0.05) is 6.07 Å². The van der Waals surface area contributed by atoms with Crippen molar-refractivity contribution in [3.63, 3.8) is 0 Å². The lowest BCUT2D eigenvalue weighted by Gasteiger charge is -2.05. The first-order chi connectivity index (χ1) is 11.7. The van der Waals surface area contributed by atoms with Crippen LogP contribution in [0.15, 0.2) is 32.9 Å². The summed E-state index contributed by atoms with van der Waals surface area (Å²) in [5.41, 5.74) is -1.24. The van der Waals surface area contributed by atoms with Crippen LogP contribution in [0.3, 0.4) is 0 Å². The SMILES string of the molecule is C/C(=N\Nc1ccc([N+](=O)[O-])cc1[N+](=O)[O-])c1c(O)[nH]c(=O)[nH]c1=O. The lowest BCUT2D eigenvalue weighted by Crippen LogP contribution is -2.27. The molecule has 130 valence electrons. The predicted octanol–water partition coefficient (Wildman–Crippen LogP) is 0.421. The zero-order valence-corrected chi connectivity index (χ0v) is 12.5. The minimum absolute atomic E-state index is 0.0948. The lowest BCUT2D eigenvalue weighted by molar-refractivity contribution is -0.393. The van der Waals surface area contributed by atoms with Crippen molar-refractivity contribution in [3.05, 3.63) is 64.8 Å². The summed E-state index contributed by atoms with van der Waals surface area (Å²) in [7, 11) is 0. The molecule has 0 saturated carbocycles. The number of rotatable bonds is 5. The predicted molar refractivity (Wildman–Crippen MR) is 84.9 cm³/mol. The van der Waals surface area contributed by atoms with Crippen molar-refractivity contribution in [2.45, 2.75) is 6.92 Å². The third-order valence-electron chi connectivity index (χ3n) is 3.02. The highest BCUT2D eigenvalue weighted by atomic mass is 16.6. The summed E-state index contributed by atoms with van der Waals surface area (Å²) in [6, 6.07) is 2.85. The first-order valence-corrected chi connectivity index (χ1v) is 6.49. The van der Waals surface area contributed by atoms with E-state index >= 15 is 0 Å². The number of nitrogens with one attached hydrogen (secondary N) is 3. The molecule has 2 rings (SSSR count). The zero-order chi connectivity index (χ0) is 18.7. The van der Waals surface area contributed by atoms with E-state index < -0.39 is 38.4 Å². The summed E-state index contributed by atoms with van der Waals surface area (Å²) in [5.74, 6) is -0.727. The van der Waals surface area contributed by atoms with Gasteiger partial charge in [-0.3, -0.25) is 40.4 Å². The molecule has 0 aliphatic heterocycles. The van der Waals surface area contributed by atoms with Gasteiger partial charge in [0.1, 0.15) is 11.3 Å². The molecule has 0 aliphatic rings. The average Bonchev–Trinajstić information content (AvgIpc) is 2.51. The molecule has 1 aromatic carbocycles. The fourth-order valence-corrected chi connectivity index (χ4v) is 1.89. The molecule has 0 unspecified atom stereocenters. The normalized spacial score (nSPS) is 11.2. The summed E-state index contributed by atoms with van der Waals surface area (Å²) >= 11 is 0. The van der Waals surface area contributed by atoms with Crippen molar-refractivity contribution < 1.29 is 15.0 Å². The van der Waals surface area contributed by atoms with Crippen LogP contribution in [0.5, 0.6) is 5.88 Å². The van der Waals surface area contributed by atoms with Crippen molar-refractivity contribution >= 4 is 22.8 Å². The quantitative estimate of drug-likeness (QED) is 0.338. The van der Waals surface area contributed by atoms with Gasteiger partial charge in [-0.25, -0.2) is 4.79 Å². The number of aromatic nitrogens is 2. The van der Waals surface area contributed by atoms with E-state index in [0.717, 1.165) is 18.2 Å². The lowest BCUT2D eigenvalue weighted by atomic mass is 10.2. The van der Waals surface area contributed by atoms with Crippen molar-refractivity contribution in [2.24, 2.45) is 5.10 Å². The second-order valence-corrected chi connectivity index (χ2v) is 4.66. The van der Waals surface area contributed by atoms with E-state index in [2.05, 4.69) is 10.5 Å². The fourth-order valence-electron chi connectivity index (χ4n) is 1.89. The molecule has 25 heavy (non-hydrogen) atoms. The van der Waals surface area contributed by atoms with Crippen molar-refractivity contribution in [3.8, 4) is 5.88 Å². The van der Waals surface area contributed by atoms with Crippen molar-refractivity contribution in [1.29, 1.82) is 0 Å². The van der Waals surface area contributed by atoms with Gasteiger partial charge in [-0.1, -0.05) is 0 Å². The monoisotopic (exact) mass is 350 g/mol. The number of benzene rings is 1. The third-order valence-corrected chi connectivity index (χ3v) is 3.02. The maximum Gasteiger partial charge on any atom is 0.328 e. The third kappa shape index (κ3) is 3.66. The minimum atomic E-state index is -0.919. The highest BCUT2D eigenvalue weighted by Gasteiger charge is 2.19. The molecular formula is C12H10N6O7. The fraction of sp³-hybridized carbons (Fsp3) is 0.0833. The Bertz CT molecular complexity index is 1010. The number of aromatic hydroxyl groups is 1. The minimum Gasteiger partial charge on any atom is -0.494 e. The number of nitro benzene ring substituents is 2. The van der Waals surface area contributed by atoms with Gasteiger partial charge in [-0.2, -0.15) is 5.10 Å². The molecule has 0 atom stereocenters. The zero-order valence-electron chi connectivity index (χ0n) is 12.5. The molecule has 0 saturated heterocycles. The topological polar surface area (TPSA) is 197 Å². The molecule has 0 amide bonds. The number of anilines is 1. The second-order valence-electron chi connectivity index (χ2n) is 4.66. The number of aromatic amines is 2. The summed E-state index contributed by atoms with van der Waals surface area (Å²) in [6.07, 6.45) is 0.